The van der Waals surface area contributed by atoms with Gasteiger partial charge in [-0.2, -0.15) is 0 Å². The first-order valence-electron chi connectivity index (χ1n) is 4.70. The summed E-state index contributed by atoms with van der Waals surface area (Å²) in [6, 6.07) is 3.83. The number of carbonyl (C=O) groups is 2. The first-order chi connectivity index (χ1) is 7.61. The number of halogens is 1. The van der Waals surface area contributed by atoms with Gasteiger partial charge < -0.3 is 9.47 Å². The molecule has 0 aromatic heterocycles. The summed E-state index contributed by atoms with van der Waals surface area (Å²) < 4.78 is 22.5. The van der Waals surface area contributed by atoms with Gasteiger partial charge in [0, 0.05) is 5.56 Å². The molecule has 0 spiro atoms. The fourth-order valence-corrected chi connectivity index (χ4v) is 1.69. The van der Waals surface area contributed by atoms with E-state index in [2.05, 4.69) is 4.74 Å². The van der Waals surface area contributed by atoms with Crippen molar-refractivity contribution in [1.82, 2.24) is 0 Å². The molecule has 1 aliphatic heterocycles. The van der Waals surface area contributed by atoms with E-state index in [0.717, 1.165) is 0 Å². The molecular formula is C11H9FO4. The summed E-state index contributed by atoms with van der Waals surface area (Å²) in [5.41, 5.74) is 0.346. The smallest absolute Gasteiger partial charge is 0.321 e. The van der Waals surface area contributed by atoms with Gasteiger partial charge in [-0.25, -0.2) is 4.39 Å². The minimum absolute atomic E-state index is 0.0708. The molecule has 5 heteroatoms. The second-order valence-corrected chi connectivity index (χ2v) is 3.44. The molecule has 1 fully saturated rings. The molecule has 84 valence electrons. The Bertz CT molecular complexity index is 455. The predicted octanol–water partition coefficient (Wildman–Crippen LogP) is 1.39. The van der Waals surface area contributed by atoms with E-state index in [-0.39, 0.29) is 6.42 Å². The number of hydrogen-bond donors (Lipinski definition) is 0. The summed E-state index contributed by atoms with van der Waals surface area (Å²) >= 11 is 0. The maximum Gasteiger partial charge on any atom is 0.321 e. The number of methoxy groups -OCH3 is 1. The lowest BCUT2D eigenvalue weighted by Gasteiger charge is -2.10. The van der Waals surface area contributed by atoms with E-state index in [0.29, 0.717) is 11.3 Å². The fourth-order valence-electron chi connectivity index (χ4n) is 1.69. The normalized spacial score (nSPS) is 19.8. The van der Waals surface area contributed by atoms with Crippen molar-refractivity contribution >= 4 is 11.9 Å². The highest BCUT2D eigenvalue weighted by atomic mass is 19.1. The largest absolute Gasteiger partial charge is 0.496 e. The second kappa shape index (κ2) is 3.92. The summed E-state index contributed by atoms with van der Waals surface area (Å²) in [7, 11) is 1.42. The van der Waals surface area contributed by atoms with Crippen LogP contribution in [0.5, 0.6) is 5.75 Å². The number of ether oxygens (including phenoxy) is 2. The molecule has 0 bridgehead atoms. The quantitative estimate of drug-likeness (QED) is 0.562. The number of carbonyl (C=O) groups excluding carboxylic acids is 2. The first kappa shape index (κ1) is 10.6. The number of esters is 2. The second-order valence-electron chi connectivity index (χ2n) is 3.44. The summed E-state index contributed by atoms with van der Waals surface area (Å²) in [6.45, 7) is 0. The maximum atomic E-state index is 13.1. The molecular weight excluding hydrogens is 215 g/mol. The molecule has 4 nitrogen and oxygen atoms in total. The highest BCUT2D eigenvalue weighted by Crippen LogP contribution is 2.34. The molecule has 0 aliphatic carbocycles. The van der Waals surface area contributed by atoms with Crippen molar-refractivity contribution in [1.29, 1.82) is 0 Å². The maximum absolute atomic E-state index is 13.1. The van der Waals surface area contributed by atoms with Crippen LogP contribution in [0.15, 0.2) is 18.2 Å². The Kier molecular flexibility index (Phi) is 2.60. The van der Waals surface area contributed by atoms with E-state index in [1.165, 1.54) is 25.3 Å². The van der Waals surface area contributed by atoms with Crippen molar-refractivity contribution in [3.05, 3.63) is 29.6 Å². The Morgan fingerprint density at radius 3 is 2.75 bits per heavy atom. The van der Waals surface area contributed by atoms with Crippen LogP contribution < -0.4 is 4.74 Å². The Labute approximate surface area is 91.0 Å². The Hall–Kier alpha value is -1.91. The van der Waals surface area contributed by atoms with Gasteiger partial charge in [0.15, 0.2) is 0 Å². The Morgan fingerprint density at radius 1 is 1.44 bits per heavy atom. The summed E-state index contributed by atoms with van der Waals surface area (Å²) in [6.07, 6.45) is -0.0708. The van der Waals surface area contributed by atoms with Crippen molar-refractivity contribution in [3.63, 3.8) is 0 Å². The topological polar surface area (TPSA) is 52.6 Å². The van der Waals surface area contributed by atoms with Crippen LogP contribution in [0.25, 0.3) is 0 Å². The molecule has 0 N–H and O–H groups in total. The molecule has 1 aliphatic rings. The number of rotatable bonds is 2. The zero-order valence-corrected chi connectivity index (χ0v) is 8.53. The van der Waals surface area contributed by atoms with Crippen molar-refractivity contribution in [3.8, 4) is 5.75 Å². The molecule has 0 radical (unpaired) electrons. The van der Waals surface area contributed by atoms with Crippen LogP contribution in [0.1, 0.15) is 17.9 Å². The van der Waals surface area contributed by atoms with Gasteiger partial charge in [0.1, 0.15) is 11.6 Å². The third-order valence-electron chi connectivity index (χ3n) is 2.44. The standard InChI is InChI=1S/C11H9FO4/c1-15-9-3-2-6(12)4-7(9)8-5-10(13)16-11(8)14/h2-4,8H,5H2,1H3. The van der Waals surface area contributed by atoms with E-state index in [4.69, 9.17) is 4.74 Å². The monoisotopic (exact) mass is 224 g/mol. The molecule has 16 heavy (non-hydrogen) atoms. The highest BCUT2D eigenvalue weighted by Gasteiger charge is 2.36. The Morgan fingerprint density at radius 2 is 2.19 bits per heavy atom. The summed E-state index contributed by atoms with van der Waals surface area (Å²) in [5.74, 6) is -2.13. The van der Waals surface area contributed by atoms with Crippen LogP contribution in [-0.2, 0) is 14.3 Å². The lowest BCUT2D eigenvalue weighted by atomic mass is 9.96. The molecule has 1 atom stereocenters. The van der Waals surface area contributed by atoms with Crippen LogP contribution in [0, 0.1) is 5.82 Å². The van der Waals surface area contributed by atoms with Gasteiger partial charge >= 0.3 is 11.9 Å². The lowest BCUT2D eigenvalue weighted by molar-refractivity contribution is -0.152. The van der Waals surface area contributed by atoms with Gasteiger partial charge in [-0.05, 0) is 18.2 Å². The van der Waals surface area contributed by atoms with Gasteiger partial charge in [0.2, 0.25) is 0 Å². The molecule has 1 saturated heterocycles. The van der Waals surface area contributed by atoms with Crippen molar-refractivity contribution in [2.45, 2.75) is 12.3 Å². The first-order valence-corrected chi connectivity index (χ1v) is 4.70. The Balaban J connectivity index is 2.42. The van der Waals surface area contributed by atoms with E-state index >= 15 is 0 Å². The molecule has 1 aromatic rings. The third-order valence-corrected chi connectivity index (χ3v) is 2.44. The fraction of sp³-hybridized carbons (Fsp3) is 0.273. The minimum atomic E-state index is -0.766. The average molecular weight is 224 g/mol. The number of cyclic esters (lactones) is 2. The van der Waals surface area contributed by atoms with Gasteiger partial charge in [-0.15, -0.1) is 0 Å². The van der Waals surface area contributed by atoms with E-state index in [9.17, 15) is 14.0 Å². The zero-order valence-electron chi connectivity index (χ0n) is 8.53. The van der Waals surface area contributed by atoms with Gasteiger partial charge in [-0.1, -0.05) is 0 Å². The van der Waals surface area contributed by atoms with Gasteiger partial charge in [-0.3, -0.25) is 9.59 Å². The molecule has 0 saturated carbocycles. The van der Waals surface area contributed by atoms with Crippen molar-refractivity contribution in [2.24, 2.45) is 0 Å². The highest BCUT2D eigenvalue weighted by molar-refractivity contribution is 5.98. The molecule has 2 rings (SSSR count). The van der Waals surface area contributed by atoms with E-state index in [1.807, 2.05) is 0 Å². The van der Waals surface area contributed by atoms with Crippen molar-refractivity contribution in [2.75, 3.05) is 7.11 Å². The third kappa shape index (κ3) is 1.76. The van der Waals surface area contributed by atoms with E-state index in [1.54, 1.807) is 0 Å². The predicted molar refractivity (Wildman–Crippen MR) is 51.4 cm³/mol. The number of benzene rings is 1. The number of hydrogen-bond acceptors (Lipinski definition) is 4. The molecule has 1 aromatic carbocycles. The summed E-state index contributed by atoms with van der Waals surface area (Å²) in [4.78, 5) is 22.3. The molecule has 0 amide bonds. The van der Waals surface area contributed by atoms with E-state index < -0.39 is 23.7 Å². The van der Waals surface area contributed by atoms with Crippen LogP contribution in [0.4, 0.5) is 4.39 Å². The van der Waals surface area contributed by atoms with Gasteiger partial charge in [0.05, 0.1) is 19.4 Å². The van der Waals surface area contributed by atoms with Crippen LogP contribution >= 0.6 is 0 Å². The SMILES string of the molecule is COc1ccc(F)cc1C1CC(=O)OC1=O. The van der Waals surface area contributed by atoms with Crippen LogP contribution in [0.3, 0.4) is 0 Å². The van der Waals surface area contributed by atoms with Crippen LogP contribution in [-0.4, -0.2) is 19.0 Å². The molecule has 1 unspecified atom stereocenters. The van der Waals surface area contributed by atoms with Gasteiger partial charge in [0.25, 0.3) is 0 Å². The summed E-state index contributed by atoms with van der Waals surface area (Å²) in [5, 5.41) is 0. The average Bonchev–Trinajstić information content (AvgIpc) is 2.57. The lowest BCUT2D eigenvalue weighted by Crippen LogP contribution is -2.07. The molecule has 1 heterocycles. The minimum Gasteiger partial charge on any atom is -0.496 e. The zero-order chi connectivity index (χ0) is 11.7. The van der Waals surface area contributed by atoms with Crippen molar-refractivity contribution < 1.29 is 23.5 Å². The van der Waals surface area contributed by atoms with Crippen LogP contribution in [0.2, 0.25) is 0 Å².